The van der Waals surface area contributed by atoms with Crippen LogP contribution < -0.4 is 0 Å². The summed E-state index contributed by atoms with van der Waals surface area (Å²) in [7, 11) is 0. The average Bonchev–Trinajstić information content (AvgIpc) is 2.45. The first-order chi connectivity index (χ1) is 8.15. The fourth-order valence-electron chi connectivity index (χ4n) is 2.11. The SMILES string of the molecule is Cc1cccc(CN2CCC(=O)CCC2=O)c1. The molecule has 1 saturated heterocycles. The third-order valence-electron chi connectivity index (χ3n) is 3.09. The van der Waals surface area contributed by atoms with Gasteiger partial charge in [-0.15, -0.1) is 0 Å². The van der Waals surface area contributed by atoms with Gasteiger partial charge in [-0.2, -0.15) is 0 Å². The molecule has 0 radical (unpaired) electrons. The molecule has 1 aromatic carbocycles. The van der Waals surface area contributed by atoms with Crippen molar-refractivity contribution in [2.75, 3.05) is 6.54 Å². The Morgan fingerprint density at radius 1 is 1.18 bits per heavy atom. The summed E-state index contributed by atoms with van der Waals surface area (Å²) in [5.74, 6) is 0.294. The molecule has 3 nitrogen and oxygen atoms in total. The molecule has 0 saturated carbocycles. The minimum absolute atomic E-state index is 0.0948. The number of hydrogen-bond acceptors (Lipinski definition) is 2. The molecule has 17 heavy (non-hydrogen) atoms. The zero-order chi connectivity index (χ0) is 12.3. The third kappa shape index (κ3) is 3.16. The zero-order valence-electron chi connectivity index (χ0n) is 10.1. The normalized spacial score (nSPS) is 17.1. The van der Waals surface area contributed by atoms with Gasteiger partial charge in [-0.05, 0) is 12.5 Å². The lowest BCUT2D eigenvalue weighted by Crippen LogP contribution is -2.29. The van der Waals surface area contributed by atoms with E-state index in [-0.39, 0.29) is 11.7 Å². The fourth-order valence-corrected chi connectivity index (χ4v) is 2.11. The van der Waals surface area contributed by atoms with Crippen molar-refractivity contribution < 1.29 is 9.59 Å². The Hall–Kier alpha value is -1.64. The van der Waals surface area contributed by atoms with Crippen molar-refractivity contribution in [2.45, 2.75) is 32.7 Å². The van der Waals surface area contributed by atoms with Gasteiger partial charge >= 0.3 is 0 Å². The van der Waals surface area contributed by atoms with E-state index in [0.717, 1.165) is 5.56 Å². The van der Waals surface area contributed by atoms with Gasteiger partial charge in [0.15, 0.2) is 0 Å². The summed E-state index contributed by atoms with van der Waals surface area (Å²) in [5.41, 5.74) is 2.33. The van der Waals surface area contributed by atoms with Gasteiger partial charge in [-0.3, -0.25) is 9.59 Å². The highest BCUT2D eigenvalue weighted by atomic mass is 16.2. The molecule has 90 valence electrons. The molecular formula is C14H17NO2. The largest absolute Gasteiger partial charge is 0.338 e. The number of benzene rings is 1. The van der Waals surface area contributed by atoms with Crippen molar-refractivity contribution in [3.05, 3.63) is 35.4 Å². The van der Waals surface area contributed by atoms with Gasteiger partial charge in [0.2, 0.25) is 5.91 Å². The van der Waals surface area contributed by atoms with Crippen molar-refractivity contribution in [2.24, 2.45) is 0 Å². The molecule has 0 bridgehead atoms. The van der Waals surface area contributed by atoms with Crippen LogP contribution in [-0.4, -0.2) is 23.1 Å². The second kappa shape index (κ2) is 5.13. The summed E-state index contributed by atoms with van der Waals surface area (Å²) in [5, 5.41) is 0. The van der Waals surface area contributed by atoms with Crippen LogP contribution in [0.1, 0.15) is 30.4 Å². The Morgan fingerprint density at radius 3 is 2.76 bits per heavy atom. The molecule has 0 spiro atoms. The van der Waals surface area contributed by atoms with E-state index in [2.05, 4.69) is 6.07 Å². The molecule has 0 aliphatic carbocycles. The zero-order valence-corrected chi connectivity index (χ0v) is 10.1. The first kappa shape index (κ1) is 11.8. The van der Waals surface area contributed by atoms with Crippen molar-refractivity contribution in [1.82, 2.24) is 4.90 Å². The monoisotopic (exact) mass is 231 g/mol. The highest BCUT2D eigenvalue weighted by molar-refractivity contribution is 5.87. The number of carbonyl (C=O) groups is 2. The molecule has 2 rings (SSSR count). The van der Waals surface area contributed by atoms with Gasteiger partial charge in [-0.1, -0.05) is 29.8 Å². The molecule has 0 atom stereocenters. The Morgan fingerprint density at radius 2 is 2.00 bits per heavy atom. The number of likely N-dealkylation sites (tertiary alicyclic amines) is 1. The summed E-state index contributed by atoms with van der Waals surface area (Å²) < 4.78 is 0. The molecule has 0 unspecified atom stereocenters. The fraction of sp³-hybridized carbons (Fsp3) is 0.429. The van der Waals surface area contributed by atoms with Crippen LogP contribution in [0.3, 0.4) is 0 Å². The Labute approximate surface area is 101 Å². The summed E-state index contributed by atoms with van der Waals surface area (Å²) in [6, 6.07) is 8.14. The third-order valence-corrected chi connectivity index (χ3v) is 3.09. The number of aryl methyl sites for hydroxylation is 1. The van der Waals surface area contributed by atoms with E-state index in [1.54, 1.807) is 4.90 Å². The first-order valence-electron chi connectivity index (χ1n) is 6.00. The predicted molar refractivity (Wildman–Crippen MR) is 65.5 cm³/mol. The summed E-state index contributed by atoms with van der Waals surface area (Å²) in [4.78, 5) is 24.9. The number of ketones is 1. The molecule has 3 heteroatoms. The summed E-state index contributed by atoms with van der Waals surface area (Å²) >= 11 is 0. The molecule has 1 fully saturated rings. The lowest BCUT2D eigenvalue weighted by atomic mass is 10.1. The highest BCUT2D eigenvalue weighted by Crippen LogP contribution is 2.13. The number of Topliss-reactive ketones (excluding diaryl/α,β-unsaturated/α-hetero) is 1. The van der Waals surface area contributed by atoms with E-state index in [1.807, 2.05) is 25.1 Å². The van der Waals surface area contributed by atoms with Gasteiger partial charge in [0.05, 0.1) is 0 Å². The van der Waals surface area contributed by atoms with Gasteiger partial charge in [0, 0.05) is 32.4 Å². The second-order valence-electron chi connectivity index (χ2n) is 4.59. The maximum Gasteiger partial charge on any atom is 0.223 e. The number of nitrogens with zero attached hydrogens (tertiary/aromatic N) is 1. The first-order valence-corrected chi connectivity index (χ1v) is 6.00. The second-order valence-corrected chi connectivity index (χ2v) is 4.59. The van der Waals surface area contributed by atoms with Gasteiger partial charge in [-0.25, -0.2) is 0 Å². The average molecular weight is 231 g/mol. The Balaban J connectivity index is 2.07. The number of hydrogen-bond donors (Lipinski definition) is 0. The minimum Gasteiger partial charge on any atom is -0.338 e. The lowest BCUT2D eigenvalue weighted by molar-refractivity contribution is -0.131. The Bertz CT molecular complexity index is 440. The van der Waals surface area contributed by atoms with Crippen LogP contribution in [0.5, 0.6) is 0 Å². The van der Waals surface area contributed by atoms with Crippen molar-refractivity contribution in [3.8, 4) is 0 Å². The summed E-state index contributed by atoms with van der Waals surface area (Å²) in [6.45, 7) is 3.22. The smallest absolute Gasteiger partial charge is 0.223 e. The van der Waals surface area contributed by atoms with Gasteiger partial charge in [0.1, 0.15) is 5.78 Å². The van der Waals surface area contributed by atoms with Crippen molar-refractivity contribution in [3.63, 3.8) is 0 Å². The minimum atomic E-state index is 0.0948. The summed E-state index contributed by atoms with van der Waals surface area (Å²) in [6.07, 6.45) is 1.27. The van der Waals surface area contributed by atoms with E-state index in [1.165, 1.54) is 5.56 Å². The predicted octanol–water partition coefficient (Wildman–Crippen LogP) is 2.08. The van der Waals surface area contributed by atoms with E-state index in [4.69, 9.17) is 0 Å². The maximum absolute atomic E-state index is 11.8. The molecule has 1 amide bonds. The van der Waals surface area contributed by atoms with Crippen LogP contribution in [0.25, 0.3) is 0 Å². The lowest BCUT2D eigenvalue weighted by Gasteiger charge is -2.20. The van der Waals surface area contributed by atoms with E-state index in [9.17, 15) is 9.59 Å². The standard InChI is InChI=1S/C14H17NO2/c1-11-3-2-4-12(9-11)10-15-8-7-13(16)5-6-14(15)17/h2-4,9H,5-8,10H2,1H3. The van der Waals surface area contributed by atoms with Crippen molar-refractivity contribution >= 4 is 11.7 Å². The molecule has 1 aliphatic heterocycles. The molecule has 1 aromatic rings. The highest BCUT2D eigenvalue weighted by Gasteiger charge is 2.20. The van der Waals surface area contributed by atoms with E-state index >= 15 is 0 Å². The van der Waals surface area contributed by atoms with Crippen LogP contribution in [0.4, 0.5) is 0 Å². The number of rotatable bonds is 2. The molecule has 0 aromatic heterocycles. The van der Waals surface area contributed by atoms with Crippen molar-refractivity contribution in [1.29, 1.82) is 0 Å². The van der Waals surface area contributed by atoms with Crippen LogP contribution in [-0.2, 0) is 16.1 Å². The Kier molecular flexibility index (Phi) is 3.57. The van der Waals surface area contributed by atoms with Crippen LogP contribution in [0.2, 0.25) is 0 Å². The molecular weight excluding hydrogens is 214 g/mol. The van der Waals surface area contributed by atoms with Gasteiger partial charge < -0.3 is 4.90 Å². The van der Waals surface area contributed by atoms with Crippen LogP contribution >= 0.6 is 0 Å². The quantitative estimate of drug-likeness (QED) is 0.781. The molecule has 0 N–H and O–H groups in total. The van der Waals surface area contributed by atoms with Crippen LogP contribution in [0, 0.1) is 6.92 Å². The van der Waals surface area contributed by atoms with E-state index < -0.39 is 0 Å². The number of carbonyl (C=O) groups excluding carboxylic acids is 2. The number of amides is 1. The van der Waals surface area contributed by atoms with Gasteiger partial charge in [0.25, 0.3) is 0 Å². The van der Waals surface area contributed by atoms with E-state index in [0.29, 0.717) is 32.4 Å². The molecule has 1 aliphatic rings. The van der Waals surface area contributed by atoms with Crippen LogP contribution in [0.15, 0.2) is 24.3 Å². The molecule has 1 heterocycles. The topological polar surface area (TPSA) is 37.4 Å². The maximum atomic E-state index is 11.8.